The van der Waals surface area contributed by atoms with Gasteiger partial charge < -0.3 is 20.4 Å². The van der Waals surface area contributed by atoms with Gasteiger partial charge in [0.2, 0.25) is 0 Å². The smallest absolute Gasteiger partial charge is 0.317 e. The Morgan fingerprint density at radius 3 is 3.29 bits per heavy atom. The van der Waals surface area contributed by atoms with Crippen LogP contribution in [0.5, 0.6) is 6.01 Å². The van der Waals surface area contributed by atoms with Gasteiger partial charge in [0.25, 0.3) is 0 Å². The molecular weight excluding hydrogens is 224 g/mol. The second-order valence-electron chi connectivity index (χ2n) is 3.66. The van der Waals surface area contributed by atoms with Crippen molar-refractivity contribution in [2.24, 2.45) is 10.9 Å². The molecule has 0 saturated carbocycles. The van der Waals surface area contributed by atoms with Gasteiger partial charge in [-0.05, 0) is 18.9 Å². The van der Waals surface area contributed by atoms with E-state index in [4.69, 9.17) is 20.4 Å². The Kier molecular flexibility index (Phi) is 3.71. The normalized spacial score (nSPS) is 20.5. The van der Waals surface area contributed by atoms with E-state index in [9.17, 15) is 0 Å². The number of ether oxygens (including phenoxy) is 2. The van der Waals surface area contributed by atoms with Crippen LogP contribution in [0.1, 0.15) is 18.5 Å². The third kappa shape index (κ3) is 3.04. The van der Waals surface area contributed by atoms with Crippen molar-refractivity contribution in [3.63, 3.8) is 0 Å². The molecule has 1 atom stereocenters. The maximum Gasteiger partial charge on any atom is 0.317 e. The van der Waals surface area contributed by atoms with Crippen molar-refractivity contribution in [1.82, 2.24) is 9.97 Å². The van der Waals surface area contributed by atoms with Crippen LogP contribution in [0.4, 0.5) is 0 Å². The zero-order chi connectivity index (χ0) is 12.1. The number of hydrogen-bond donors (Lipinski definition) is 2. The summed E-state index contributed by atoms with van der Waals surface area (Å²) in [6.45, 7) is 1.19. The van der Waals surface area contributed by atoms with Crippen LogP contribution in [0.15, 0.2) is 17.4 Å². The molecule has 0 aliphatic carbocycles. The average Bonchev–Trinajstić information content (AvgIpc) is 2.89. The molecule has 0 amide bonds. The summed E-state index contributed by atoms with van der Waals surface area (Å²) in [5.74, 6) is -0.0747. The molecule has 0 radical (unpaired) electrons. The van der Waals surface area contributed by atoms with E-state index >= 15 is 0 Å². The van der Waals surface area contributed by atoms with Gasteiger partial charge in [-0.15, -0.1) is 0 Å². The van der Waals surface area contributed by atoms with Crippen molar-refractivity contribution in [2.45, 2.75) is 18.9 Å². The zero-order valence-electron chi connectivity index (χ0n) is 9.24. The molecule has 7 nitrogen and oxygen atoms in total. The minimum Gasteiger partial charge on any atom is -0.461 e. The molecular formula is C10H14N4O3. The molecule has 0 spiro atoms. The SMILES string of the molecule is N/C(=N/O)c1ccnc(OCC2CCCO2)n1. The number of amidine groups is 1. The van der Waals surface area contributed by atoms with Gasteiger partial charge in [0.1, 0.15) is 12.3 Å². The number of hydrogen-bond acceptors (Lipinski definition) is 6. The fourth-order valence-corrected chi connectivity index (χ4v) is 1.55. The van der Waals surface area contributed by atoms with Crippen molar-refractivity contribution in [3.05, 3.63) is 18.0 Å². The van der Waals surface area contributed by atoms with Gasteiger partial charge in [-0.25, -0.2) is 4.98 Å². The molecule has 1 unspecified atom stereocenters. The Balaban J connectivity index is 1.96. The van der Waals surface area contributed by atoms with Crippen LogP contribution < -0.4 is 10.5 Å². The lowest BCUT2D eigenvalue weighted by Crippen LogP contribution is -2.19. The lowest BCUT2D eigenvalue weighted by molar-refractivity contribution is 0.0645. The van der Waals surface area contributed by atoms with Crippen LogP contribution in [0.2, 0.25) is 0 Å². The Morgan fingerprint density at radius 2 is 2.59 bits per heavy atom. The quantitative estimate of drug-likeness (QED) is 0.334. The standard InChI is InChI=1S/C10H14N4O3/c11-9(14-15)8-3-4-12-10(13-8)17-6-7-2-1-5-16-7/h3-4,7,15H,1-2,5-6H2,(H2,11,14). The van der Waals surface area contributed by atoms with Gasteiger partial charge in [0, 0.05) is 12.8 Å². The van der Waals surface area contributed by atoms with Gasteiger partial charge >= 0.3 is 6.01 Å². The molecule has 3 N–H and O–H groups in total. The molecule has 1 aromatic heterocycles. The predicted molar refractivity (Wildman–Crippen MR) is 59.0 cm³/mol. The first-order valence-corrected chi connectivity index (χ1v) is 5.35. The van der Waals surface area contributed by atoms with Crippen molar-refractivity contribution in [3.8, 4) is 6.01 Å². The minimum absolute atomic E-state index is 0.0747. The van der Waals surface area contributed by atoms with Crippen molar-refractivity contribution in [1.29, 1.82) is 0 Å². The average molecular weight is 238 g/mol. The van der Waals surface area contributed by atoms with E-state index in [1.807, 2.05) is 0 Å². The Hall–Kier alpha value is -1.89. The van der Waals surface area contributed by atoms with E-state index in [0.29, 0.717) is 12.3 Å². The Morgan fingerprint density at radius 1 is 1.71 bits per heavy atom. The second kappa shape index (κ2) is 5.44. The number of aromatic nitrogens is 2. The zero-order valence-corrected chi connectivity index (χ0v) is 9.24. The van der Waals surface area contributed by atoms with Gasteiger partial charge in [0.05, 0.1) is 6.10 Å². The summed E-state index contributed by atoms with van der Waals surface area (Å²) < 4.78 is 10.8. The summed E-state index contributed by atoms with van der Waals surface area (Å²) in [4.78, 5) is 7.94. The number of nitrogens with two attached hydrogens (primary N) is 1. The highest BCUT2D eigenvalue weighted by molar-refractivity contribution is 5.95. The first kappa shape index (κ1) is 11.6. The molecule has 0 aromatic carbocycles. The molecule has 17 heavy (non-hydrogen) atoms. The molecule has 1 saturated heterocycles. The number of oxime groups is 1. The molecule has 7 heteroatoms. The fourth-order valence-electron chi connectivity index (χ4n) is 1.55. The summed E-state index contributed by atoms with van der Waals surface area (Å²) >= 11 is 0. The van der Waals surface area contributed by atoms with E-state index in [1.54, 1.807) is 0 Å². The predicted octanol–water partition coefficient (Wildman–Crippen LogP) is 0.129. The van der Waals surface area contributed by atoms with Crippen molar-refractivity contribution >= 4 is 5.84 Å². The summed E-state index contributed by atoms with van der Waals surface area (Å²) in [6.07, 6.45) is 3.63. The maximum atomic E-state index is 8.52. The lowest BCUT2D eigenvalue weighted by atomic mass is 10.2. The Bertz CT molecular complexity index is 404. The molecule has 2 heterocycles. The lowest BCUT2D eigenvalue weighted by Gasteiger charge is -2.10. The van der Waals surface area contributed by atoms with Gasteiger partial charge in [0.15, 0.2) is 5.84 Å². The Labute approximate surface area is 98.3 Å². The van der Waals surface area contributed by atoms with Crippen LogP contribution >= 0.6 is 0 Å². The highest BCUT2D eigenvalue weighted by Crippen LogP contribution is 2.13. The van der Waals surface area contributed by atoms with E-state index < -0.39 is 0 Å². The summed E-state index contributed by atoms with van der Waals surface area (Å²) in [5.41, 5.74) is 5.73. The van der Waals surface area contributed by atoms with Crippen LogP contribution in [-0.4, -0.2) is 40.3 Å². The molecule has 1 fully saturated rings. The summed E-state index contributed by atoms with van der Waals surface area (Å²) in [5, 5.41) is 11.4. The molecule has 92 valence electrons. The van der Waals surface area contributed by atoms with E-state index in [0.717, 1.165) is 19.4 Å². The van der Waals surface area contributed by atoms with E-state index in [2.05, 4.69) is 15.1 Å². The highest BCUT2D eigenvalue weighted by atomic mass is 16.5. The van der Waals surface area contributed by atoms with E-state index in [1.165, 1.54) is 12.3 Å². The molecule has 1 aromatic rings. The van der Waals surface area contributed by atoms with Crippen LogP contribution in [0, 0.1) is 0 Å². The van der Waals surface area contributed by atoms with Gasteiger partial charge in [-0.3, -0.25) is 0 Å². The fraction of sp³-hybridized carbons (Fsp3) is 0.500. The van der Waals surface area contributed by atoms with Gasteiger partial charge in [-0.2, -0.15) is 4.98 Å². The summed E-state index contributed by atoms with van der Waals surface area (Å²) in [7, 11) is 0. The number of rotatable bonds is 4. The molecule has 1 aliphatic rings. The van der Waals surface area contributed by atoms with Crippen LogP contribution in [0.25, 0.3) is 0 Å². The minimum atomic E-state index is -0.0747. The first-order chi connectivity index (χ1) is 8.29. The maximum absolute atomic E-state index is 8.52. The number of nitrogens with zero attached hydrogens (tertiary/aromatic N) is 3. The molecule has 0 bridgehead atoms. The van der Waals surface area contributed by atoms with E-state index in [-0.39, 0.29) is 18.0 Å². The first-order valence-electron chi connectivity index (χ1n) is 5.35. The van der Waals surface area contributed by atoms with Crippen molar-refractivity contribution in [2.75, 3.05) is 13.2 Å². The monoisotopic (exact) mass is 238 g/mol. The second-order valence-corrected chi connectivity index (χ2v) is 3.66. The largest absolute Gasteiger partial charge is 0.461 e. The third-order valence-electron chi connectivity index (χ3n) is 2.43. The van der Waals surface area contributed by atoms with Gasteiger partial charge in [-0.1, -0.05) is 5.16 Å². The molecule has 1 aliphatic heterocycles. The highest BCUT2D eigenvalue weighted by Gasteiger charge is 2.16. The topological polar surface area (TPSA) is 103 Å². The van der Waals surface area contributed by atoms with Crippen LogP contribution in [-0.2, 0) is 4.74 Å². The van der Waals surface area contributed by atoms with Crippen LogP contribution in [0.3, 0.4) is 0 Å². The summed E-state index contributed by atoms with van der Waals surface area (Å²) in [6, 6.07) is 1.73. The third-order valence-corrected chi connectivity index (χ3v) is 2.43. The molecule has 2 rings (SSSR count). The van der Waals surface area contributed by atoms with Crippen molar-refractivity contribution < 1.29 is 14.7 Å².